The van der Waals surface area contributed by atoms with Crippen molar-refractivity contribution in [3.8, 4) is 0 Å². The average molecular weight is 490 g/mol. The van der Waals surface area contributed by atoms with E-state index in [1.54, 1.807) is 30.3 Å². The zero-order chi connectivity index (χ0) is 26.0. The van der Waals surface area contributed by atoms with Gasteiger partial charge in [0.25, 0.3) is 11.8 Å². The molecule has 0 aliphatic carbocycles. The zero-order valence-corrected chi connectivity index (χ0v) is 19.4. The summed E-state index contributed by atoms with van der Waals surface area (Å²) in [6, 6.07) is 12.5. The van der Waals surface area contributed by atoms with E-state index in [2.05, 4.69) is 0 Å². The number of fused-ring (bicyclic) bond motifs is 1. The van der Waals surface area contributed by atoms with Gasteiger partial charge in [0.1, 0.15) is 6.04 Å². The van der Waals surface area contributed by atoms with Crippen LogP contribution >= 0.6 is 0 Å². The molecule has 3 amide bonds. The maximum Gasteiger partial charge on any atom is 0.422 e. The second-order valence-corrected chi connectivity index (χ2v) is 8.40. The van der Waals surface area contributed by atoms with E-state index in [0.29, 0.717) is 10.5 Å². The third kappa shape index (κ3) is 4.65. The number of ether oxygens (including phenoxy) is 1. The molecular formula is C25H25F3N2O5. The van der Waals surface area contributed by atoms with Crippen molar-refractivity contribution >= 4 is 23.7 Å². The Kier molecular flexibility index (Phi) is 7.33. The van der Waals surface area contributed by atoms with Gasteiger partial charge in [-0.05, 0) is 30.5 Å². The maximum atomic E-state index is 14.3. The number of hydrogen-bond acceptors (Lipinski definition) is 5. The van der Waals surface area contributed by atoms with Crippen LogP contribution in [0.1, 0.15) is 47.1 Å². The van der Waals surface area contributed by atoms with Gasteiger partial charge in [0.15, 0.2) is 0 Å². The topological polar surface area (TPSA) is 92.8 Å². The predicted molar refractivity (Wildman–Crippen MR) is 119 cm³/mol. The van der Waals surface area contributed by atoms with Crippen LogP contribution in [0.2, 0.25) is 0 Å². The van der Waals surface area contributed by atoms with E-state index in [4.69, 9.17) is 4.74 Å². The van der Waals surface area contributed by atoms with Crippen molar-refractivity contribution < 1.29 is 37.1 Å². The zero-order valence-electron chi connectivity index (χ0n) is 19.4. The molecule has 2 atom stereocenters. The number of alkyl halides is 3. The van der Waals surface area contributed by atoms with Gasteiger partial charge in [-0.25, -0.2) is 4.79 Å². The number of amides is 3. The molecule has 186 valence electrons. The standard InChI is InChI=1S/C25H25F3N2O5/c1-4-35-23(34)24(15(2)3,25(26,27)28)29-20(31)19(14-16-10-6-5-7-11-16)30-21(32)17-12-8-9-13-18(17)22(30)33/h5-13,15,19H,4,14H2,1-3H3,(H,29,31)/t19-,24?/m1/s1. The molecule has 0 spiro atoms. The summed E-state index contributed by atoms with van der Waals surface area (Å²) in [7, 11) is 0. The van der Waals surface area contributed by atoms with Gasteiger partial charge in [0.2, 0.25) is 11.4 Å². The van der Waals surface area contributed by atoms with E-state index in [-0.39, 0.29) is 24.2 Å². The SMILES string of the molecule is CCOC(=O)C(NC(=O)[C@@H](Cc1ccccc1)N1C(=O)c2ccccc2C1=O)(C(C)C)C(F)(F)F. The van der Waals surface area contributed by atoms with Gasteiger partial charge in [-0.1, -0.05) is 56.3 Å². The summed E-state index contributed by atoms with van der Waals surface area (Å²) in [5, 5.41) is 1.84. The Hall–Kier alpha value is -3.69. The number of nitrogens with one attached hydrogen (secondary N) is 1. The lowest BCUT2D eigenvalue weighted by Crippen LogP contribution is -2.70. The minimum Gasteiger partial charge on any atom is -0.464 e. The maximum absolute atomic E-state index is 14.3. The Morgan fingerprint density at radius 2 is 1.46 bits per heavy atom. The van der Waals surface area contributed by atoms with Crippen LogP contribution in [0.3, 0.4) is 0 Å². The van der Waals surface area contributed by atoms with Crippen LogP contribution in [-0.2, 0) is 20.7 Å². The normalized spacial score (nSPS) is 16.0. The quantitative estimate of drug-likeness (QED) is 0.452. The first-order valence-electron chi connectivity index (χ1n) is 11.0. The Bertz CT molecular complexity index is 1100. The van der Waals surface area contributed by atoms with Crippen LogP contribution < -0.4 is 5.32 Å². The third-order valence-corrected chi connectivity index (χ3v) is 5.94. The molecule has 1 unspecified atom stereocenters. The Labute approximate surface area is 200 Å². The molecule has 35 heavy (non-hydrogen) atoms. The van der Waals surface area contributed by atoms with E-state index >= 15 is 0 Å². The number of halogens is 3. The van der Waals surface area contributed by atoms with Gasteiger partial charge in [-0.2, -0.15) is 13.2 Å². The number of carbonyl (C=O) groups excluding carboxylic acids is 4. The van der Waals surface area contributed by atoms with Crippen molar-refractivity contribution in [3.05, 3.63) is 71.3 Å². The molecule has 0 saturated heterocycles. The molecule has 2 aromatic carbocycles. The number of nitrogens with zero attached hydrogens (tertiary/aromatic N) is 1. The second-order valence-electron chi connectivity index (χ2n) is 8.40. The van der Waals surface area contributed by atoms with Crippen LogP contribution in [0.15, 0.2) is 54.6 Å². The molecule has 7 nitrogen and oxygen atoms in total. The number of rotatable bonds is 8. The molecule has 0 radical (unpaired) electrons. The average Bonchev–Trinajstić information content (AvgIpc) is 3.05. The first kappa shape index (κ1) is 25.9. The molecule has 0 bridgehead atoms. The summed E-state index contributed by atoms with van der Waals surface area (Å²) < 4.78 is 47.7. The van der Waals surface area contributed by atoms with Crippen molar-refractivity contribution in [2.45, 2.75) is 44.9 Å². The largest absolute Gasteiger partial charge is 0.464 e. The van der Waals surface area contributed by atoms with Gasteiger partial charge < -0.3 is 10.1 Å². The van der Waals surface area contributed by atoms with Crippen LogP contribution in [0.5, 0.6) is 0 Å². The van der Waals surface area contributed by atoms with Crippen molar-refractivity contribution in [3.63, 3.8) is 0 Å². The van der Waals surface area contributed by atoms with E-state index < -0.39 is 47.4 Å². The number of benzene rings is 2. The molecule has 10 heteroatoms. The fraction of sp³-hybridized carbons (Fsp3) is 0.360. The molecule has 0 fully saturated rings. The second kappa shape index (κ2) is 9.89. The summed E-state index contributed by atoms with van der Waals surface area (Å²) in [6.45, 7) is 3.25. The molecule has 1 aliphatic heterocycles. The van der Waals surface area contributed by atoms with E-state index in [1.807, 2.05) is 5.32 Å². The van der Waals surface area contributed by atoms with E-state index in [1.165, 1.54) is 31.2 Å². The summed E-state index contributed by atoms with van der Waals surface area (Å²) in [5.74, 6) is -6.04. The molecule has 0 saturated carbocycles. The lowest BCUT2D eigenvalue weighted by Gasteiger charge is -2.39. The molecular weight excluding hydrogens is 465 g/mol. The number of imide groups is 1. The fourth-order valence-corrected chi connectivity index (χ4v) is 4.10. The first-order valence-corrected chi connectivity index (χ1v) is 11.0. The fourth-order valence-electron chi connectivity index (χ4n) is 4.10. The number of esters is 1. The van der Waals surface area contributed by atoms with E-state index in [0.717, 1.165) is 13.8 Å². The Morgan fingerprint density at radius 3 is 1.91 bits per heavy atom. The van der Waals surface area contributed by atoms with Gasteiger partial charge in [-0.15, -0.1) is 0 Å². The lowest BCUT2D eigenvalue weighted by molar-refractivity contribution is -0.223. The summed E-state index contributed by atoms with van der Waals surface area (Å²) in [4.78, 5) is 52.9. The minimum atomic E-state index is -5.22. The first-order chi connectivity index (χ1) is 16.5. The third-order valence-electron chi connectivity index (χ3n) is 5.94. The van der Waals surface area contributed by atoms with E-state index in [9.17, 15) is 32.3 Å². The van der Waals surface area contributed by atoms with Gasteiger partial charge in [-0.3, -0.25) is 19.3 Å². The highest BCUT2D eigenvalue weighted by molar-refractivity contribution is 6.23. The van der Waals surface area contributed by atoms with Crippen molar-refractivity contribution in [1.29, 1.82) is 0 Å². The molecule has 0 aromatic heterocycles. The summed E-state index contributed by atoms with van der Waals surface area (Å²) in [6.07, 6.45) is -5.48. The van der Waals surface area contributed by atoms with Crippen LogP contribution in [0, 0.1) is 5.92 Å². The highest BCUT2D eigenvalue weighted by Gasteiger charge is 2.65. The molecule has 2 aromatic rings. The van der Waals surface area contributed by atoms with Crippen LogP contribution in [-0.4, -0.2) is 53.0 Å². The van der Waals surface area contributed by atoms with Crippen molar-refractivity contribution in [2.75, 3.05) is 6.61 Å². The van der Waals surface area contributed by atoms with Crippen molar-refractivity contribution in [1.82, 2.24) is 10.2 Å². The predicted octanol–water partition coefficient (Wildman–Crippen LogP) is 3.53. The highest BCUT2D eigenvalue weighted by atomic mass is 19.4. The Morgan fingerprint density at radius 1 is 0.943 bits per heavy atom. The molecule has 1 heterocycles. The molecule has 3 rings (SSSR count). The highest BCUT2D eigenvalue weighted by Crippen LogP contribution is 2.38. The monoisotopic (exact) mass is 490 g/mol. The van der Waals surface area contributed by atoms with Crippen molar-refractivity contribution in [2.24, 2.45) is 5.92 Å². The summed E-state index contributed by atoms with van der Waals surface area (Å²) in [5.41, 5.74) is -2.80. The molecule has 1 N–H and O–H groups in total. The lowest BCUT2D eigenvalue weighted by atomic mass is 9.84. The van der Waals surface area contributed by atoms with Gasteiger partial charge in [0.05, 0.1) is 17.7 Å². The Balaban J connectivity index is 2.08. The molecule has 1 aliphatic rings. The van der Waals surface area contributed by atoms with Crippen LogP contribution in [0.4, 0.5) is 13.2 Å². The summed E-state index contributed by atoms with van der Waals surface area (Å²) >= 11 is 0. The van der Waals surface area contributed by atoms with Crippen LogP contribution in [0.25, 0.3) is 0 Å². The number of hydrogen-bond donors (Lipinski definition) is 1. The smallest absolute Gasteiger partial charge is 0.422 e. The number of carbonyl (C=O) groups is 4. The van der Waals surface area contributed by atoms with Gasteiger partial charge in [0, 0.05) is 6.42 Å². The van der Waals surface area contributed by atoms with Gasteiger partial charge >= 0.3 is 12.1 Å². The minimum absolute atomic E-state index is 0.0414.